The van der Waals surface area contributed by atoms with Gasteiger partial charge < -0.3 is 4.98 Å². The second kappa shape index (κ2) is 6.86. The average Bonchev–Trinajstić information content (AvgIpc) is 3.05. The largest absolute Gasteiger partial charge is 0.458 e. The van der Waals surface area contributed by atoms with E-state index in [-0.39, 0.29) is 21.8 Å². The molecule has 1 N–H and O–H groups in total. The third kappa shape index (κ3) is 3.96. The summed E-state index contributed by atoms with van der Waals surface area (Å²) in [6, 6.07) is 10.1. The molecule has 146 valence electrons. The molecule has 5 nitrogen and oxygen atoms in total. The SMILES string of the molecule is CS(=O)(=O)c1ccc(-c2nc(C(=O)C(F)(F)F)[nH]c2-c2ccc(F)cc2)cc1. The molecule has 1 aromatic heterocycles. The van der Waals surface area contributed by atoms with Gasteiger partial charge in [0.1, 0.15) is 5.82 Å². The van der Waals surface area contributed by atoms with E-state index in [9.17, 15) is 30.8 Å². The van der Waals surface area contributed by atoms with E-state index in [2.05, 4.69) is 9.97 Å². The standard InChI is InChI=1S/C18H12F4N2O3S/c1-28(26,27)13-8-4-11(5-9-13)15-14(10-2-6-12(19)7-3-10)23-17(24-15)16(25)18(20,21)22/h2-9H,1H3,(H,23,24). The number of nitrogens with one attached hydrogen (secondary N) is 1. The maximum Gasteiger partial charge on any atom is 0.458 e. The summed E-state index contributed by atoms with van der Waals surface area (Å²) >= 11 is 0. The topological polar surface area (TPSA) is 79.9 Å². The Balaban J connectivity index is 2.17. The van der Waals surface area contributed by atoms with Crippen molar-refractivity contribution in [1.82, 2.24) is 9.97 Å². The van der Waals surface area contributed by atoms with Crippen molar-refractivity contribution in [2.75, 3.05) is 6.26 Å². The predicted octanol–water partition coefficient (Wildman–Crippen LogP) is 4.03. The van der Waals surface area contributed by atoms with Gasteiger partial charge in [-0.2, -0.15) is 13.2 Å². The highest BCUT2D eigenvalue weighted by Gasteiger charge is 2.42. The Bertz CT molecular complexity index is 1130. The summed E-state index contributed by atoms with van der Waals surface area (Å²) in [6.45, 7) is 0. The number of benzene rings is 2. The number of hydrogen-bond donors (Lipinski definition) is 1. The minimum Gasteiger partial charge on any atom is -0.335 e. The lowest BCUT2D eigenvalue weighted by molar-refractivity contribution is -0.0890. The van der Waals surface area contributed by atoms with Crippen molar-refractivity contribution < 1.29 is 30.8 Å². The van der Waals surface area contributed by atoms with Crippen LogP contribution in [0.4, 0.5) is 17.6 Å². The fraction of sp³-hybridized carbons (Fsp3) is 0.111. The number of hydrogen-bond acceptors (Lipinski definition) is 4. The number of H-pyrrole nitrogens is 1. The van der Waals surface area contributed by atoms with Crippen LogP contribution in [-0.4, -0.2) is 36.6 Å². The Labute approximate surface area is 157 Å². The Morgan fingerprint density at radius 3 is 2.00 bits per heavy atom. The second-order valence-corrected chi connectivity index (χ2v) is 7.96. The summed E-state index contributed by atoms with van der Waals surface area (Å²) in [5.41, 5.74) is 0.653. The van der Waals surface area contributed by atoms with E-state index in [1.807, 2.05) is 0 Å². The molecule has 3 rings (SSSR count). The quantitative estimate of drug-likeness (QED) is 0.518. The average molecular weight is 412 g/mol. The van der Waals surface area contributed by atoms with Gasteiger partial charge in [-0.15, -0.1) is 0 Å². The molecule has 0 aliphatic rings. The summed E-state index contributed by atoms with van der Waals surface area (Å²) in [5, 5.41) is 0. The van der Waals surface area contributed by atoms with Crippen LogP contribution in [0.25, 0.3) is 22.5 Å². The summed E-state index contributed by atoms with van der Waals surface area (Å²) in [5.74, 6) is -3.63. The third-order valence-electron chi connectivity index (χ3n) is 3.87. The lowest BCUT2D eigenvalue weighted by atomic mass is 10.1. The smallest absolute Gasteiger partial charge is 0.335 e. The van der Waals surface area contributed by atoms with Crippen LogP contribution in [0.15, 0.2) is 53.4 Å². The van der Waals surface area contributed by atoms with E-state index in [4.69, 9.17) is 0 Å². The number of rotatable bonds is 4. The summed E-state index contributed by atoms with van der Waals surface area (Å²) in [7, 11) is -3.47. The lowest BCUT2D eigenvalue weighted by Crippen LogP contribution is -2.23. The van der Waals surface area contributed by atoms with Gasteiger partial charge in [0.2, 0.25) is 0 Å². The molecule has 0 fully saturated rings. The molecule has 1 heterocycles. The van der Waals surface area contributed by atoms with Crippen molar-refractivity contribution >= 4 is 15.6 Å². The fourth-order valence-electron chi connectivity index (χ4n) is 2.51. The predicted molar refractivity (Wildman–Crippen MR) is 92.9 cm³/mol. The van der Waals surface area contributed by atoms with Crippen molar-refractivity contribution in [3.05, 3.63) is 60.2 Å². The molecule has 0 atom stereocenters. The second-order valence-electron chi connectivity index (χ2n) is 5.94. The third-order valence-corrected chi connectivity index (χ3v) is 4.99. The van der Waals surface area contributed by atoms with E-state index in [1.165, 1.54) is 36.4 Å². The van der Waals surface area contributed by atoms with Crippen LogP contribution in [0.2, 0.25) is 0 Å². The lowest BCUT2D eigenvalue weighted by Gasteiger charge is -2.04. The van der Waals surface area contributed by atoms with Crippen LogP contribution in [0.1, 0.15) is 10.6 Å². The number of aromatic amines is 1. The molecule has 0 radical (unpaired) electrons. The molecule has 0 saturated carbocycles. The van der Waals surface area contributed by atoms with E-state index in [0.29, 0.717) is 5.56 Å². The van der Waals surface area contributed by atoms with Crippen LogP contribution < -0.4 is 0 Å². The van der Waals surface area contributed by atoms with Crippen LogP contribution in [0, 0.1) is 5.82 Å². The molecule has 28 heavy (non-hydrogen) atoms. The first-order chi connectivity index (χ1) is 13.0. The molecular formula is C18H12F4N2O3S. The van der Waals surface area contributed by atoms with E-state index in [1.54, 1.807) is 0 Å². The van der Waals surface area contributed by atoms with Crippen LogP contribution in [0.3, 0.4) is 0 Å². The Morgan fingerprint density at radius 2 is 1.50 bits per heavy atom. The van der Waals surface area contributed by atoms with Gasteiger partial charge in [0, 0.05) is 17.4 Å². The maximum atomic E-state index is 13.2. The van der Waals surface area contributed by atoms with Crippen LogP contribution in [0.5, 0.6) is 0 Å². The minimum absolute atomic E-state index is 0.000686. The zero-order valence-electron chi connectivity index (χ0n) is 14.2. The van der Waals surface area contributed by atoms with E-state index < -0.39 is 33.4 Å². The van der Waals surface area contributed by atoms with Crippen LogP contribution >= 0.6 is 0 Å². The summed E-state index contributed by atoms with van der Waals surface area (Å²) in [6.07, 6.45) is -4.12. The van der Waals surface area contributed by atoms with Gasteiger partial charge in [0.05, 0.1) is 16.3 Å². The van der Waals surface area contributed by atoms with Gasteiger partial charge in [-0.05, 0) is 36.4 Å². The number of carbonyl (C=O) groups excluding carboxylic acids is 1. The van der Waals surface area contributed by atoms with E-state index in [0.717, 1.165) is 18.4 Å². The number of ketones is 1. The maximum absolute atomic E-state index is 13.2. The molecule has 0 aliphatic carbocycles. The van der Waals surface area contributed by atoms with E-state index >= 15 is 0 Å². The number of nitrogens with zero attached hydrogens (tertiary/aromatic N) is 1. The van der Waals surface area contributed by atoms with Crippen molar-refractivity contribution in [2.45, 2.75) is 11.1 Å². The number of carbonyl (C=O) groups is 1. The highest BCUT2D eigenvalue weighted by atomic mass is 32.2. The molecule has 3 aromatic rings. The number of imidazole rings is 1. The van der Waals surface area contributed by atoms with Gasteiger partial charge in [0.25, 0.3) is 0 Å². The fourth-order valence-corrected chi connectivity index (χ4v) is 3.14. The van der Waals surface area contributed by atoms with Gasteiger partial charge in [-0.3, -0.25) is 4.79 Å². The monoisotopic (exact) mass is 412 g/mol. The zero-order valence-corrected chi connectivity index (χ0v) is 15.0. The first-order valence-corrected chi connectivity index (χ1v) is 9.64. The Hall–Kier alpha value is -3.01. The number of halogens is 4. The number of Topliss-reactive ketones (excluding diaryl/α,β-unsaturated/α-hetero) is 1. The molecular weight excluding hydrogens is 400 g/mol. The molecule has 2 aromatic carbocycles. The molecule has 0 saturated heterocycles. The zero-order chi connectivity index (χ0) is 20.7. The Kier molecular flexibility index (Phi) is 4.84. The first kappa shape index (κ1) is 19.7. The van der Waals surface area contributed by atoms with Gasteiger partial charge in [-0.1, -0.05) is 12.1 Å². The highest BCUT2D eigenvalue weighted by Crippen LogP contribution is 2.32. The molecule has 0 spiro atoms. The Morgan fingerprint density at radius 1 is 0.964 bits per heavy atom. The van der Waals surface area contributed by atoms with Crippen molar-refractivity contribution in [2.24, 2.45) is 0 Å². The van der Waals surface area contributed by atoms with Crippen molar-refractivity contribution in [3.63, 3.8) is 0 Å². The van der Waals surface area contributed by atoms with Crippen molar-refractivity contribution in [1.29, 1.82) is 0 Å². The van der Waals surface area contributed by atoms with Gasteiger partial charge >= 0.3 is 12.0 Å². The number of sulfone groups is 1. The molecule has 10 heteroatoms. The number of aromatic nitrogens is 2. The molecule has 0 unspecified atom stereocenters. The molecule has 0 bridgehead atoms. The summed E-state index contributed by atoms with van der Waals surface area (Å²) < 4.78 is 74.7. The first-order valence-electron chi connectivity index (χ1n) is 7.75. The minimum atomic E-state index is -5.13. The summed E-state index contributed by atoms with van der Waals surface area (Å²) in [4.78, 5) is 17.7. The van der Waals surface area contributed by atoms with Crippen LogP contribution in [-0.2, 0) is 9.84 Å². The molecule has 0 amide bonds. The molecule has 0 aliphatic heterocycles. The normalized spacial score (nSPS) is 12.2. The van der Waals surface area contributed by atoms with Gasteiger partial charge in [0.15, 0.2) is 15.7 Å². The number of alkyl halides is 3. The van der Waals surface area contributed by atoms with Gasteiger partial charge in [-0.25, -0.2) is 17.8 Å². The van der Waals surface area contributed by atoms with Crippen molar-refractivity contribution in [3.8, 4) is 22.5 Å². The highest BCUT2D eigenvalue weighted by molar-refractivity contribution is 7.90.